The molecule has 0 bridgehead atoms. The zero-order chi connectivity index (χ0) is 14.4. The lowest BCUT2D eigenvalue weighted by atomic mass is 10.2. The minimum Gasteiger partial charge on any atom is -0.490 e. The van der Waals surface area contributed by atoms with Crippen molar-refractivity contribution in [2.75, 3.05) is 13.7 Å². The first kappa shape index (κ1) is 14.4. The van der Waals surface area contributed by atoms with E-state index in [1.165, 1.54) is 0 Å². The molecular formula is C15H20N2O3. The number of hydrogen-bond acceptors (Lipinski definition) is 5. The fourth-order valence-electron chi connectivity index (χ4n) is 1.96. The van der Waals surface area contributed by atoms with Crippen LogP contribution in [0.15, 0.2) is 28.8 Å². The summed E-state index contributed by atoms with van der Waals surface area (Å²) < 4.78 is 16.5. The van der Waals surface area contributed by atoms with Gasteiger partial charge in [0.15, 0.2) is 11.5 Å². The highest BCUT2D eigenvalue weighted by Gasteiger charge is 2.12. The van der Waals surface area contributed by atoms with Crippen molar-refractivity contribution in [3.63, 3.8) is 0 Å². The van der Waals surface area contributed by atoms with Crippen LogP contribution >= 0.6 is 0 Å². The second-order valence-corrected chi connectivity index (χ2v) is 4.43. The van der Waals surface area contributed by atoms with Gasteiger partial charge in [-0.1, -0.05) is 17.3 Å². The second-order valence-electron chi connectivity index (χ2n) is 4.43. The highest BCUT2D eigenvalue weighted by atomic mass is 16.5. The Labute approximate surface area is 118 Å². The standard InChI is InChI=1S/C15H20N2O3/c1-4-18-14-7-5-6-12(9-16-3)15(14)19-10-13-8-11(2)20-17-13/h5-8,16H,4,9-10H2,1-3H3. The number of nitrogens with zero attached hydrogens (tertiary/aromatic N) is 1. The summed E-state index contributed by atoms with van der Waals surface area (Å²) >= 11 is 0. The lowest BCUT2D eigenvalue weighted by Gasteiger charge is -2.15. The van der Waals surface area contributed by atoms with Crippen LogP contribution in [0.3, 0.4) is 0 Å². The van der Waals surface area contributed by atoms with Crippen LogP contribution in [0.4, 0.5) is 0 Å². The Hall–Kier alpha value is -2.01. The average Bonchev–Trinajstić information content (AvgIpc) is 2.84. The number of para-hydroxylation sites is 1. The van der Waals surface area contributed by atoms with Crippen molar-refractivity contribution in [1.29, 1.82) is 0 Å². The maximum Gasteiger partial charge on any atom is 0.166 e. The third-order valence-electron chi connectivity index (χ3n) is 2.77. The summed E-state index contributed by atoms with van der Waals surface area (Å²) in [6.07, 6.45) is 0. The lowest BCUT2D eigenvalue weighted by Crippen LogP contribution is -2.09. The molecule has 0 saturated heterocycles. The Bertz CT molecular complexity index is 528. The molecule has 5 heteroatoms. The van der Waals surface area contributed by atoms with Crippen LogP contribution in [0.1, 0.15) is 23.9 Å². The van der Waals surface area contributed by atoms with E-state index in [-0.39, 0.29) is 0 Å². The molecule has 1 aromatic carbocycles. The Kier molecular flexibility index (Phi) is 5.01. The Morgan fingerprint density at radius 3 is 2.80 bits per heavy atom. The van der Waals surface area contributed by atoms with Gasteiger partial charge in [-0.25, -0.2) is 0 Å². The Morgan fingerprint density at radius 2 is 2.15 bits per heavy atom. The third-order valence-corrected chi connectivity index (χ3v) is 2.77. The van der Waals surface area contributed by atoms with Crippen LogP contribution in [0.2, 0.25) is 0 Å². The minimum absolute atomic E-state index is 0.359. The predicted octanol–water partition coefficient (Wildman–Crippen LogP) is 2.68. The maximum absolute atomic E-state index is 5.89. The third kappa shape index (κ3) is 3.51. The molecular weight excluding hydrogens is 256 g/mol. The van der Waals surface area contributed by atoms with E-state index in [2.05, 4.69) is 10.5 Å². The number of benzene rings is 1. The fraction of sp³-hybridized carbons (Fsp3) is 0.400. The molecule has 0 aliphatic heterocycles. The molecule has 0 atom stereocenters. The molecule has 108 valence electrons. The van der Waals surface area contributed by atoms with Gasteiger partial charge in [0.1, 0.15) is 18.1 Å². The average molecular weight is 276 g/mol. The van der Waals surface area contributed by atoms with Crippen LogP contribution < -0.4 is 14.8 Å². The van der Waals surface area contributed by atoms with Crippen molar-refractivity contribution >= 4 is 0 Å². The molecule has 0 amide bonds. The summed E-state index contributed by atoms with van der Waals surface area (Å²) in [6.45, 7) is 5.49. The van der Waals surface area contributed by atoms with Gasteiger partial charge in [-0.05, 0) is 27.0 Å². The molecule has 2 rings (SSSR count). The van der Waals surface area contributed by atoms with Gasteiger partial charge in [-0.2, -0.15) is 0 Å². The van der Waals surface area contributed by atoms with Gasteiger partial charge in [0.05, 0.1) is 6.61 Å². The van der Waals surface area contributed by atoms with E-state index in [0.717, 1.165) is 28.5 Å². The molecule has 1 aromatic heterocycles. The van der Waals surface area contributed by atoms with Gasteiger partial charge in [0, 0.05) is 18.2 Å². The van der Waals surface area contributed by atoms with E-state index in [0.29, 0.717) is 19.8 Å². The van der Waals surface area contributed by atoms with Gasteiger partial charge in [0.25, 0.3) is 0 Å². The lowest BCUT2D eigenvalue weighted by molar-refractivity contribution is 0.257. The van der Waals surface area contributed by atoms with E-state index < -0.39 is 0 Å². The minimum atomic E-state index is 0.359. The number of hydrogen-bond donors (Lipinski definition) is 1. The van der Waals surface area contributed by atoms with Gasteiger partial charge >= 0.3 is 0 Å². The summed E-state index contributed by atoms with van der Waals surface area (Å²) in [4.78, 5) is 0. The van der Waals surface area contributed by atoms with E-state index in [1.807, 2.05) is 45.2 Å². The smallest absolute Gasteiger partial charge is 0.166 e. The normalized spacial score (nSPS) is 10.6. The fourth-order valence-corrected chi connectivity index (χ4v) is 1.96. The molecule has 0 aliphatic carbocycles. The first-order chi connectivity index (χ1) is 9.74. The van der Waals surface area contributed by atoms with Crippen LogP contribution in [0.5, 0.6) is 11.5 Å². The maximum atomic E-state index is 5.89. The largest absolute Gasteiger partial charge is 0.490 e. The summed E-state index contributed by atoms with van der Waals surface area (Å²) in [6, 6.07) is 7.75. The molecule has 0 radical (unpaired) electrons. The van der Waals surface area contributed by atoms with Crippen LogP contribution in [-0.2, 0) is 13.2 Å². The molecule has 0 unspecified atom stereocenters. The summed E-state index contributed by atoms with van der Waals surface area (Å²) in [5, 5.41) is 7.05. The van der Waals surface area contributed by atoms with E-state index >= 15 is 0 Å². The van der Waals surface area contributed by atoms with Gasteiger partial charge < -0.3 is 19.3 Å². The van der Waals surface area contributed by atoms with E-state index in [1.54, 1.807) is 0 Å². The first-order valence-electron chi connectivity index (χ1n) is 6.69. The molecule has 1 N–H and O–H groups in total. The van der Waals surface area contributed by atoms with Crippen molar-refractivity contribution in [2.24, 2.45) is 0 Å². The zero-order valence-corrected chi connectivity index (χ0v) is 12.1. The molecule has 1 heterocycles. The SMILES string of the molecule is CCOc1cccc(CNC)c1OCc1cc(C)on1. The molecule has 2 aromatic rings. The van der Waals surface area contributed by atoms with Gasteiger partial charge in [-0.3, -0.25) is 0 Å². The van der Waals surface area contributed by atoms with E-state index in [4.69, 9.17) is 14.0 Å². The zero-order valence-electron chi connectivity index (χ0n) is 12.1. The predicted molar refractivity (Wildman–Crippen MR) is 75.9 cm³/mol. The number of aromatic nitrogens is 1. The van der Waals surface area contributed by atoms with Gasteiger partial charge in [0.2, 0.25) is 0 Å². The van der Waals surface area contributed by atoms with Crippen molar-refractivity contribution < 1.29 is 14.0 Å². The van der Waals surface area contributed by atoms with Crippen LogP contribution in [-0.4, -0.2) is 18.8 Å². The molecule has 0 spiro atoms. The molecule has 20 heavy (non-hydrogen) atoms. The van der Waals surface area contributed by atoms with E-state index in [9.17, 15) is 0 Å². The molecule has 0 fully saturated rings. The number of rotatable bonds is 7. The number of ether oxygens (including phenoxy) is 2. The molecule has 0 saturated carbocycles. The summed E-state index contributed by atoms with van der Waals surface area (Å²) in [7, 11) is 1.90. The van der Waals surface area contributed by atoms with Crippen molar-refractivity contribution in [3.05, 3.63) is 41.3 Å². The Morgan fingerprint density at radius 1 is 1.30 bits per heavy atom. The molecule has 5 nitrogen and oxygen atoms in total. The highest BCUT2D eigenvalue weighted by Crippen LogP contribution is 2.32. The number of nitrogens with one attached hydrogen (secondary N) is 1. The number of aryl methyl sites for hydroxylation is 1. The van der Waals surface area contributed by atoms with Crippen LogP contribution in [0, 0.1) is 6.92 Å². The Balaban J connectivity index is 2.18. The van der Waals surface area contributed by atoms with Crippen molar-refractivity contribution in [2.45, 2.75) is 27.0 Å². The monoisotopic (exact) mass is 276 g/mol. The topological polar surface area (TPSA) is 56.5 Å². The first-order valence-corrected chi connectivity index (χ1v) is 6.69. The van der Waals surface area contributed by atoms with Gasteiger partial charge in [-0.15, -0.1) is 0 Å². The summed E-state index contributed by atoms with van der Waals surface area (Å²) in [5.41, 5.74) is 1.82. The summed E-state index contributed by atoms with van der Waals surface area (Å²) in [5.74, 6) is 2.28. The van der Waals surface area contributed by atoms with Crippen molar-refractivity contribution in [3.8, 4) is 11.5 Å². The quantitative estimate of drug-likeness (QED) is 0.842. The van der Waals surface area contributed by atoms with Crippen LogP contribution in [0.25, 0.3) is 0 Å². The van der Waals surface area contributed by atoms with Crippen molar-refractivity contribution in [1.82, 2.24) is 10.5 Å². The highest BCUT2D eigenvalue weighted by molar-refractivity contribution is 5.46. The second kappa shape index (κ2) is 6.96. The molecule has 0 aliphatic rings.